The zero-order chi connectivity index (χ0) is 50.6. The first kappa shape index (κ1) is 43.3. The average molecular weight is 983 g/mol. The van der Waals surface area contributed by atoms with E-state index >= 15 is 0 Å². The molecule has 12 aromatic carbocycles. The third kappa shape index (κ3) is 6.46. The molecule has 4 nitrogen and oxygen atoms in total. The fourth-order valence-electron chi connectivity index (χ4n) is 13.0. The van der Waals surface area contributed by atoms with E-state index in [0.29, 0.717) is 0 Å². The van der Waals surface area contributed by atoms with Crippen LogP contribution in [0.15, 0.2) is 288 Å². The van der Waals surface area contributed by atoms with Gasteiger partial charge in [0.2, 0.25) is 0 Å². The summed E-state index contributed by atoms with van der Waals surface area (Å²) >= 11 is 0. The van der Waals surface area contributed by atoms with Gasteiger partial charge in [0, 0.05) is 67.6 Å². The number of benzene rings is 12. The van der Waals surface area contributed by atoms with Gasteiger partial charge in [-0.1, -0.05) is 194 Å². The Hall–Kier alpha value is -10.2. The largest absolute Gasteiger partial charge is 0.456 e. The van der Waals surface area contributed by atoms with Crippen LogP contribution in [0.25, 0.3) is 88.4 Å². The number of nitrogens with zero attached hydrogens (tertiary/aromatic N) is 2. The lowest BCUT2D eigenvalue weighted by atomic mass is 9.70. The number of anilines is 6. The predicted octanol–water partition coefficient (Wildman–Crippen LogP) is 20.1. The molecule has 2 aliphatic carbocycles. The van der Waals surface area contributed by atoms with Crippen LogP contribution in [-0.2, 0) is 5.41 Å². The first-order chi connectivity index (χ1) is 38.2. The molecule has 0 fully saturated rings. The summed E-state index contributed by atoms with van der Waals surface area (Å²) in [5.41, 5.74) is 23.7. The van der Waals surface area contributed by atoms with Crippen molar-refractivity contribution in [3.63, 3.8) is 0 Å². The third-order valence-electron chi connectivity index (χ3n) is 16.3. The second-order valence-corrected chi connectivity index (χ2v) is 20.3. The molecule has 0 amide bonds. The molecular formula is C73H46N2O2. The van der Waals surface area contributed by atoms with Crippen molar-refractivity contribution < 1.29 is 8.83 Å². The number of rotatable bonds is 8. The van der Waals surface area contributed by atoms with Gasteiger partial charge in [-0.3, -0.25) is 0 Å². The molecule has 0 radical (unpaired) electrons. The van der Waals surface area contributed by atoms with Gasteiger partial charge in [0.15, 0.2) is 0 Å². The van der Waals surface area contributed by atoms with Crippen molar-refractivity contribution in [2.24, 2.45) is 0 Å². The van der Waals surface area contributed by atoms with Gasteiger partial charge in [0.1, 0.15) is 22.3 Å². The van der Waals surface area contributed by atoms with Crippen molar-refractivity contribution >= 4 is 78.0 Å². The number of fused-ring (bicyclic) bond motifs is 16. The molecule has 14 aromatic rings. The first-order valence-corrected chi connectivity index (χ1v) is 26.4. The highest BCUT2D eigenvalue weighted by atomic mass is 16.3. The molecule has 16 rings (SSSR count). The Balaban J connectivity index is 0.928. The van der Waals surface area contributed by atoms with Crippen molar-refractivity contribution in [3.8, 4) is 44.5 Å². The van der Waals surface area contributed by atoms with E-state index in [2.05, 4.69) is 277 Å². The Morgan fingerprint density at radius 2 is 0.597 bits per heavy atom. The van der Waals surface area contributed by atoms with E-state index in [1.54, 1.807) is 0 Å². The molecule has 0 atom stereocenters. The van der Waals surface area contributed by atoms with Crippen LogP contribution in [0, 0.1) is 0 Å². The summed E-state index contributed by atoms with van der Waals surface area (Å²) in [6, 6.07) is 101. The maximum absolute atomic E-state index is 6.61. The summed E-state index contributed by atoms with van der Waals surface area (Å²) in [6.45, 7) is 0. The Labute approximate surface area is 445 Å². The van der Waals surface area contributed by atoms with Gasteiger partial charge >= 0.3 is 0 Å². The lowest BCUT2D eigenvalue weighted by Gasteiger charge is -2.32. The predicted molar refractivity (Wildman–Crippen MR) is 318 cm³/mol. The van der Waals surface area contributed by atoms with Gasteiger partial charge in [0.05, 0.1) is 16.8 Å². The van der Waals surface area contributed by atoms with E-state index in [1.165, 1.54) is 66.8 Å². The topological polar surface area (TPSA) is 32.8 Å². The standard InChI is InChI=1S/C73H46N2O2/c1-3-17-47(18-4-1)49-33-37-51(38-34-49)74(53-41-43-57-55-21-9-13-31-67(55)76-69(57)45-53)65-29-15-27-63-71(65)59-23-7-11-25-61(59)73(63)62-26-12-8-24-60(62)72-64(73)28-16-30-66(72)75(52-39-35-50(36-40-52)48-19-5-2-6-20-48)54-42-44-58-56-22-10-14-32-68(56)77-70(58)46-54/h1-46H. The van der Waals surface area contributed by atoms with Crippen LogP contribution < -0.4 is 9.80 Å². The minimum absolute atomic E-state index is 0.652. The number of hydrogen-bond donors (Lipinski definition) is 0. The van der Waals surface area contributed by atoms with Crippen molar-refractivity contribution in [1.29, 1.82) is 0 Å². The van der Waals surface area contributed by atoms with Gasteiger partial charge in [-0.2, -0.15) is 0 Å². The molecule has 1 spiro atoms. The highest BCUT2D eigenvalue weighted by Crippen LogP contribution is 2.66. The first-order valence-electron chi connectivity index (χ1n) is 26.4. The van der Waals surface area contributed by atoms with Crippen LogP contribution in [0.3, 0.4) is 0 Å². The van der Waals surface area contributed by atoms with Crippen molar-refractivity contribution in [2.45, 2.75) is 5.41 Å². The lowest BCUT2D eigenvalue weighted by Crippen LogP contribution is -2.26. The van der Waals surface area contributed by atoms with Crippen LogP contribution in [0.4, 0.5) is 34.1 Å². The Kier molecular flexibility index (Phi) is 9.52. The highest BCUT2D eigenvalue weighted by molar-refractivity contribution is 6.09. The molecule has 2 aliphatic rings. The Morgan fingerprint density at radius 1 is 0.247 bits per heavy atom. The van der Waals surface area contributed by atoms with Crippen LogP contribution in [0.5, 0.6) is 0 Å². The molecule has 0 saturated heterocycles. The molecule has 0 saturated carbocycles. The maximum atomic E-state index is 6.61. The fraction of sp³-hybridized carbons (Fsp3) is 0.0137. The molecule has 0 aliphatic heterocycles. The van der Waals surface area contributed by atoms with E-state index < -0.39 is 5.41 Å². The molecule has 360 valence electrons. The molecule has 0 N–H and O–H groups in total. The van der Waals surface area contributed by atoms with E-state index in [0.717, 1.165) is 78.0 Å². The molecule has 77 heavy (non-hydrogen) atoms. The van der Waals surface area contributed by atoms with Crippen molar-refractivity contribution in [1.82, 2.24) is 0 Å². The zero-order valence-electron chi connectivity index (χ0n) is 41.8. The van der Waals surface area contributed by atoms with Gasteiger partial charge < -0.3 is 18.6 Å². The monoisotopic (exact) mass is 982 g/mol. The number of para-hydroxylation sites is 2. The second kappa shape index (κ2) is 16.9. The quantitative estimate of drug-likeness (QED) is 0.152. The molecule has 0 unspecified atom stereocenters. The van der Waals surface area contributed by atoms with E-state index in [1.807, 2.05) is 12.1 Å². The summed E-state index contributed by atoms with van der Waals surface area (Å²) in [7, 11) is 0. The Bertz CT molecular complexity index is 4330. The fourth-order valence-corrected chi connectivity index (χ4v) is 13.0. The van der Waals surface area contributed by atoms with Gasteiger partial charge in [-0.25, -0.2) is 0 Å². The number of furan rings is 2. The Morgan fingerprint density at radius 3 is 1.05 bits per heavy atom. The normalized spacial score (nSPS) is 12.8. The molecule has 0 bridgehead atoms. The van der Waals surface area contributed by atoms with E-state index in [9.17, 15) is 0 Å². The van der Waals surface area contributed by atoms with Crippen molar-refractivity contribution in [3.05, 3.63) is 301 Å². The maximum Gasteiger partial charge on any atom is 0.137 e. The van der Waals surface area contributed by atoms with Crippen LogP contribution >= 0.6 is 0 Å². The van der Waals surface area contributed by atoms with E-state index in [-0.39, 0.29) is 0 Å². The van der Waals surface area contributed by atoms with Gasteiger partial charge in [-0.15, -0.1) is 0 Å². The molecular weight excluding hydrogens is 937 g/mol. The summed E-state index contributed by atoms with van der Waals surface area (Å²) < 4.78 is 13.2. The smallest absolute Gasteiger partial charge is 0.137 e. The second-order valence-electron chi connectivity index (χ2n) is 20.3. The molecule has 4 heteroatoms. The summed E-state index contributed by atoms with van der Waals surface area (Å²) in [5.74, 6) is 0. The van der Waals surface area contributed by atoms with Crippen molar-refractivity contribution in [2.75, 3.05) is 9.80 Å². The van der Waals surface area contributed by atoms with Crippen LogP contribution in [0.1, 0.15) is 22.3 Å². The van der Waals surface area contributed by atoms with Gasteiger partial charge in [0.25, 0.3) is 0 Å². The third-order valence-corrected chi connectivity index (χ3v) is 16.3. The lowest BCUT2D eigenvalue weighted by molar-refractivity contribution is 0.668. The molecule has 2 aromatic heterocycles. The number of hydrogen-bond acceptors (Lipinski definition) is 4. The highest BCUT2D eigenvalue weighted by Gasteiger charge is 2.53. The SMILES string of the molecule is c1ccc(-c2ccc(N(c3ccc4c(c3)oc3ccccc34)c3cccc4c3-c3ccccc3C43c4ccccc4-c4c(N(c5ccc(-c6ccccc6)cc5)c5ccc6c(c5)oc5ccccc56)cccc43)cc2)cc1. The summed E-state index contributed by atoms with van der Waals surface area (Å²) in [5, 5.41) is 4.42. The van der Waals surface area contributed by atoms with Crippen LogP contribution in [-0.4, -0.2) is 0 Å². The van der Waals surface area contributed by atoms with Gasteiger partial charge in [-0.05, 0) is 128 Å². The minimum atomic E-state index is -0.652. The minimum Gasteiger partial charge on any atom is -0.456 e. The summed E-state index contributed by atoms with van der Waals surface area (Å²) in [4.78, 5) is 4.87. The summed E-state index contributed by atoms with van der Waals surface area (Å²) in [6.07, 6.45) is 0. The van der Waals surface area contributed by atoms with E-state index in [4.69, 9.17) is 8.83 Å². The molecule has 2 heterocycles. The van der Waals surface area contributed by atoms with Crippen LogP contribution in [0.2, 0.25) is 0 Å². The zero-order valence-corrected chi connectivity index (χ0v) is 41.8. The average Bonchev–Trinajstić information content (AvgIpc) is 3.63.